The number of carbonyl (C=O) groups is 6. The first-order valence-corrected chi connectivity index (χ1v) is 29.3. The molecule has 2 aromatic carbocycles. The Morgan fingerprint density at radius 3 is 1.41 bits per heavy atom. The Morgan fingerprint density at radius 1 is 0.667 bits per heavy atom. The van der Waals surface area contributed by atoms with Crippen LogP contribution in [0.5, 0.6) is 0 Å². The Morgan fingerprint density at radius 2 is 1.04 bits per heavy atom. The molecule has 0 aromatic heterocycles. The van der Waals surface area contributed by atoms with Crippen LogP contribution in [0.15, 0.2) is 48.5 Å². The second-order valence-corrected chi connectivity index (χ2v) is 25.7. The van der Waals surface area contributed by atoms with Gasteiger partial charge < -0.3 is 60.6 Å². The molecule has 6 amide bonds. The third-order valence-electron chi connectivity index (χ3n) is 16.2. The van der Waals surface area contributed by atoms with Crippen molar-refractivity contribution in [3.63, 3.8) is 0 Å². The Labute approximate surface area is 475 Å². The van der Waals surface area contributed by atoms with Crippen LogP contribution in [-0.2, 0) is 41.5 Å². The van der Waals surface area contributed by atoms with Crippen LogP contribution in [0.3, 0.4) is 0 Å². The van der Waals surface area contributed by atoms with E-state index in [9.17, 15) is 39.0 Å². The number of hydrogen-bond donors (Lipinski definition) is 6. The van der Waals surface area contributed by atoms with Gasteiger partial charge in [-0.1, -0.05) is 113 Å². The van der Waals surface area contributed by atoms with Gasteiger partial charge in [-0.15, -0.1) is 23.5 Å². The van der Waals surface area contributed by atoms with Crippen molar-refractivity contribution >= 4 is 93.8 Å². The second kappa shape index (κ2) is 24.4. The summed E-state index contributed by atoms with van der Waals surface area (Å²) in [5.74, 6) is 12.0. The van der Waals surface area contributed by atoms with Gasteiger partial charge in [0.25, 0.3) is 0 Å². The number of nitrogens with zero attached hydrogens (tertiary/aromatic N) is 4. The fourth-order valence-corrected chi connectivity index (χ4v) is 15.4. The van der Waals surface area contributed by atoms with Crippen LogP contribution in [0.2, 0.25) is 0 Å². The molecule has 78 heavy (non-hydrogen) atoms. The summed E-state index contributed by atoms with van der Waals surface area (Å²) in [4.78, 5) is 87.4. The van der Waals surface area contributed by atoms with Crippen molar-refractivity contribution in [1.82, 2.24) is 40.9 Å². The molecule has 6 N–H and O–H groups in total. The van der Waals surface area contributed by atoms with E-state index in [1.54, 1.807) is 47.2 Å². The highest BCUT2D eigenvalue weighted by atomic mass is 32.2. The molecule has 418 valence electrons. The molecule has 0 radical (unpaired) electrons. The number of carbonyl (C=O) groups excluding carboxylic acids is 4. The Hall–Kier alpha value is -5.62. The van der Waals surface area contributed by atoms with E-state index >= 15 is 0 Å². The topological polar surface area (TPSA) is 222 Å². The minimum atomic E-state index is -1.14. The number of rotatable bonds is 14. The number of benzene rings is 2. The molecule has 2 unspecified atom stereocenters. The molecule has 22 heteroatoms. The first-order chi connectivity index (χ1) is 37.0. The van der Waals surface area contributed by atoms with Gasteiger partial charge in [-0.2, -0.15) is 0 Å². The minimum absolute atomic E-state index is 0.0364. The summed E-state index contributed by atoms with van der Waals surface area (Å²) in [5, 5.41) is 31.4. The van der Waals surface area contributed by atoms with Gasteiger partial charge in [0, 0.05) is 26.9 Å². The highest BCUT2D eigenvalue weighted by Crippen LogP contribution is 2.48. The molecule has 4 heterocycles. The highest BCUT2D eigenvalue weighted by Gasteiger charge is 2.57. The van der Waals surface area contributed by atoms with Crippen LogP contribution in [0.25, 0.3) is 0 Å². The molecule has 4 fully saturated rings. The van der Waals surface area contributed by atoms with E-state index in [0.717, 1.165) is 32.1 Å². The molecule has 18 nitrogen and oxygen atoms in total. The zero-order valence-corrected chi connectivity index (χ0v) is 48.5. The van der Waals surface area contributed by atoms with E-state index in [4.69, 9.17) is 33.9 Å². The monoisotopic (exact) mass is 1140 g/mol. The highest BCUT2D eigenvalue weighted by molar-refractivity contribution is 8.00. The van der Waals surface area contributed by atoms with E-state index in [1.165, 1.54) is 14.1 Å². The smallest absolute Gasteiger partial charge is 0.407 e. The maximum atomic E-state index is 14.6. The predicted molar refractivity (Wildman–Crippen MR) is 306 cm³/mol. The molecule has 2 aromatic rings. The van der Waals surface area contributed by atoms with Gasteiger partial charge in [-0.05, 0) is 96.0 Å². The average molecular weight is 1140 g/mol. The van der Waals surface area contributed by atoms with Gasteiger partial charge in [-0.25, -0.2) is 9.59 Å². The normalized spacial score (nSPS) is 28.0. The molecule has 4 aliphatic heterocycles. The first kappa shape index (κ1) is 58.5. The lowest BCUT2D eigenvalue weighted by Crippen LogP contribution is -2.58. The van der Waals surface area contributed by atoms with Crippen molar-refractivity contribution in [2.45, 2.75) is 151 Å². The largest absolute Gasteiger partial charge is 0.465 e. The van der Waals surface area contributed by atoms with Gasteiger partial charge >= 0.3 is 12.2 Å². The van der Waals surface area contributed by atoms with Crippen LogP contribution in [0.1, 0.15) is 102 Å². The number of ether oxygens (including phenoxy) is 2. The number of likely N-dealkylation sites (N-methyl/N-ethyl adjacent to an activating group) is 2. The van der Waals surface area contributed by atoms with Crippen molar-refractivity contribution in [1.29, 1.82) is 0 Å². The van der Waals surface area contributed by atoms with E-state index in [2.05, 4.69) is 44.9 Å². The van der Waals surface area contributed by atoms with Crippen LogP contribution >= 0.6 is 48.0 Å². The van der Waals surface area contributed by atoms with Crippen LogP contribution in [0, 0.1) is 34.5 Å². The lowest BCUT2D eigenvalue weighted by atomic mass is 9.83. The van der Waals surface area contributed by atoms with E-state index in [0.29, 0.717) is 50.0 Å². The van der Waals surface area contributed by atoms with Crippen molar-refractivity contribution in [2.24, 2.45) is 10.8 Å². The molecule has 4 saturated heterocycles. The molecule has 12 atom stereocenters. The van der Waals surface area contributed by atoms with Gasteiger partial charge in [0.05, 0.1) is 57.1 Å². The third kappa shape index (κ3) is 12.4. The molecular formula is C56H70N8O10S4. The second-order valence-electron chi connectivity index (χ2n) is 22.3. The number of thioether (sulfide) groups is 2. The maximum absolute atomic E-state index is 14.6. The number of fused-ring (bicyclic) bond motifs is 4. The average Bonchev–Trinajstić information content (AvgIpc) is 4.27. The summed E-state index contributed by atoms with van der Waals surface area (Å²) in [5.41, 5.74) is 2.81. The van der Waals surface area contributed by atoms with E-state index in [1.807, 2.05) is 76.2 Å². The maximum Gasteiger partial charge on any atom is 0.407 e. The zero-order chi connectivity index (χ0) is 56.4. The number of carboxylic acid groups (broad SMARTS) is 2. The molecule has 0 bridgehead atoms. The Kier molecular flexibility index (Phi) is 18.3. The van der Waals surface area contributed by atoms with Crippen molar-refractivity contribution < 1.29 is 48.5 Å². The van der Waals surface area contributed by atoms with Gasteiger partial charge in [-0.3, -0.25) is 19.2 Å². The quantitative estimate of drug-likeness (QED) is 0.104. The first-order valence-electron chi connectivity index (χ1n) is 26.4. The molecular weight excluding hydrogens is 1070 g/mol. The fourth-order valence-electron chi connectivity index (χ4n) is 11.7. The van der Waals surface area contributed by atoms with Crippen LogP contribution < -0.4 is 21.3 Å². The van der Waals surface area contributed by atoms with Gasteiger partial charge in [0.15, 0.2) is 0 Å². The summed E-state index contributed by atoms with van der Waals surface area (Å²) in [7, 11) is 2.85. The van der Waals surface area contributed by atoms with Crippen LogP contribution in [0.4, 0.5) is 9.59 Å². The molecule has 8 rings (SSSR count). The van der Waals surface area contributed by atoms with Crippen molar-refractivity contribution in [2.75, 3.05) is 38.8 Å². The number of hydrogen-bond acceptors (Lipinski definition) is 12. The minimum Gasteiger partial charge on any atom is -0.465 e. The lowest BCUT2D eigenvalue weighted by Gasteiger charge is -2.36. The Balaban J connectivity index is 0.887. The number of thiocarbonyl (C=S) groups is 2. The standard InChI is InChI=1S/C56H70N8O10S4/c1-31(61(7)53(69)70)49(75)57-37-21-25-77-41-29-55(3,4)45(63(41)51(37)67)47(65)59-43-35-19-13-11-17-33(35)27-39(43)73-23-15-9-10-16-24-74-40-28-34-18-12-14-20-36(34)44(40)60-48(66)46-56(5,6)30-42-64(46)52(68)38(22-26-78-42)58-50(76)32(2)62(8)54(71)72/h11-14,17-20,31-32,37-46H,21-30H2,1-8H3,(H,57,75)(H,58,76)(H,59,65)(H,60,66)(H,69,70)(H,71,72)/t31?,32?,37-,38-,39+,40+,41-,42-,43-,44-,45+,46+/m0/s1. The zero-order valence-electron chi connectivity index (χ0n) is 45.2. The summed E-state index contributed by atoms with van der Waals surface area (Å²) in [6, 6.07) is 10.4. The van der Waals surface area contributed by atoms with Gasteiger partial charge in [0.2, 0.25) is 23.6 Å². The summed E-state index contributed by atoms with van der Waals surface area (Å²) in [6.45, 7) is 11.4. The van der Waals surface area contributed by atoms with Crippen molar-refractivity contribution in [3.05, 3.63) is 70.8 Å². The summed E-state index contributed by atoms with van der Waals surface area (Å²) < 4.78 is 12.7. The molecule has 0 spiro atoms. The van der Waals surface area contributed by atoms with E-state index < -0.39 is 83.6 Å². The Bertz CT molecular complexity index is 2640. The van der Waals surface area contributed by atoms with E-state index in [-0.39, 0.29) is 57.6 Å². The molecule has 2 aliphatic carbocycles. The predicted octanol–water partition coefficient (Wildman–Crippen LogP) is 5.34. The fraction of sp³-hybridized carbons (Fsp3) is 0.571. The number of nitrogens with one attached hydrogen (secondary N) is 4. The molecule has 6 aliphatic rings. The van der Waals surface area contributed by atoms with Crippen molar-refractivity contribution in [3.8, 4) is 23.7 Å². The number of amides is 6. The summed E-state index contributed by atoms with van der Waals surface area (Å²) >= 11 is 14.4. The summed E-state index contributed by atoms with van der Waals surface area (Å²) in [6.07, 6.45) is 0.0700. The molecule has 0 saturated carbocycles. The third-order valence-corrected chi connectivity index (χ3v) is 19.6. The lowest BCUT2D eigenvalue weighted by molar-refractivity contribution is -0.143. The van der Waals surface area contributed by atoms with Crippen LogP contribution in [-0.4, -0.2) is 174 Å². The SMILES string of the molecule is CC(C(=S)N[C@H]1CCS[C@H]2CC(C)(C)[C@@H](C(=O)N[C@H]3c4ccccc4C[C@H]3OCC#CC#CCO[C@@H]3Cc4ccccc4[C@@H]3NC(=O)[C@H]3N4C(=O)[C@@H](NC(=S)C(C)N(C)C(=O)O)CCS[C@H]4CC3(C)C)N2C1=O)N(C)C(=O)O. The van der Waals surface area contributed by atoms with Gasteiger partial charge in [0.1, 0.15) is 37.4 Å².